The Kier molecular flexibility index (Phi) is 5.38. The van der Waals surface area contributed by atoms with E-state index in [1.807, 2.05) is 0 Å². The van der Waals surface area contributed by atoms with Crippen molar-refractivity contribution in [2.45, 2.75) is 76.3 Å². The van der Waals surface area contributed by atoms with Crippen LogP contribution >= 0.6 is 0 Å². The van der Waals surface area contributed by atoms with Gasteiger partial charge in [0.25, 0.3) is 0 Å². The minimum Gasteiger partial charge on any atom is -0.308 e. The molecule has 1 nitrogen and oxygen atoms in total. The molecule has 7 heteroatoms. The number of alkyl halides is 6. The minimum absolute atomic E-state index is 0.144. The lowest BCUT2D eigenvalue weighted by molar-refractivity contribution is -0.181. The van der Waals surface area contributed by atoms with Crippen LogP contribution in [-0.2, 0) is 0 Å². The first-order valence-corrected chi connectivity index (χ1v) is 6.85. The summed E-state index contributed by atoms with van der Waals surface area (Å²) in [6, 6.07) is -0.286. The highest BCUT2D eigenvalue weighted by Gasteiger charge is 2.51. The summed E-state index contributed by atoms with van der Waals surface area (Å²) < 4.78 is 76.4. The Morgan fingerprint density at radius 1 is 1.05 bits per heavy atom. The molecule has 1 rings (SSSR count). The van der Waals surface area contributed by atoms with E-state index in [2.05, 4.69) is 5.32 Å². The molecule has 20 heavy (non-hydrogen) atoms. The maximum Gasteiger partial charge on any atom is 0.390 e. The van der Waals surface area contributed by atoms with Gasteiger partial charge in [-0.05, 0) is 18.8 Å². The Bertz CT molecular complexity index is 309. The molecule has 1 saturated carbocycles. The van der Waals surface area contributed by atoms with E-state index in [9.17, 15) is 26.3 Å². The molecule has 0 radical (unpaired) electrons. The molecule has 0 aromatic rings. The Morgan fingerprint density at radius 3 is 2.10 bits per heavy atom. The fourth-order valence-corrected chi connectivity index (χ4v) is 3.29. The van der Waals surface area contributed by atoms with Gasteiger partial charge in [-0.2, -0.15) is 26.3 Å². The highest BCUT2D eigenvalue weighted by atomic mass is 19.4. The van der Waals surface area contributed by atoms with E-state index in [0.717, 1.165) is 0 Å². The van der Waals surface area contributed by atoms with Gasteiger partial charge < -0.3 is 5.32 Å². The van der Waals surface area contributed by atoms with Crippen LogP contribution in [0.15, 0.2) is 0 Å². The molecule has 1 aliphatic carbocycles. The average molecular weight is 305 g/mol. The van der Waals surface area contributed by atoms with E-state index in [1.165, 1.54) is 0 Å². The molecule has 1 N–H and O–H groups in total. The van der Waals surface area contributed by atoms with Crippen LogP contribution in [-0.4, -0.2) is 23.9 Å². The maximum atomic E-state index is 12.8. The molecule has 0 heterocycles. The second-order valence-electron chi connectivity index (χ2n) is 6.01. The van der Waals surface area contributed by atoms with Crippen molar-refractivity contribution in [1.29, 1.82) is 0 Å². The van der Waals surface area contributed by atoms with Gasteiger partial charge in [0.2, 0.25) is 0 Å². The molecule has 0 aromatic carbocycles. The van der Waals surface area contributed by atoms with Crippen LogP contribution in [0.4, 0.5) is 26.3 Å². The fourth-order valence-electron chi connectivity index (χ4n) is 3.29. The quantitative estimate of drug-likeness (QED) is 0.734. The monoisotopic (exact) mass is 305 g/mol. The zero-order valence-corrected chi connectivity index (χ0v) is 11.7. The van der Waals surface area contributed by atoms with Crippen molar-refractivity contribution in [3.63, 3.8) is 0 Å². The number of nitrogens with one attached hydrogen (secondary N) is 1. The summed E-state index contributed by atoms with van der Waals surface area (Å²) in [6.45, 7) is 3.33. The second-order valence-corrected chi connectivity index (χ2v) is 6.01. The Labute approximate surface area is 115 Å². The number of halogens is 6. The van der Waals surface area contributed by atoms with Crippen molar-refractivity contribution >= 4 is 0 Å². The molecule has 0 aromatic heterocycles. The van der Waals surface area contributed by atoms with Gasteiger partial charge in [0.15, 0.2) is 0 Å². The molecule has 120 valence electrons. The SMILES string of the molecule is CC(C)NC1(CC(F)(F)F)CCCCC1CC(F)(F)F. The number of hydrogen-bond acceptors (Lipinski definition) is 1. The fraction of sp³-hybridized carbons (Fsp3) is 1.00. The summed E-state index contributed by atoms with van der Waals surface area (Å²) in [4.78, 5) is 0. The van der Waals surface area contributed by atoms with Crippen molar-refractivity contribution in [2.75, 3.05) is 0 Å². The van der Waals surface area contributed by atoms with E-state index >= 15 is 0 Å². The minimum atomic E-state index is -4.47. The first-order chi connectivity index (χ1) is 8.94. The van der Waals surface area contributed by atoms with Crippen LogP contribution in [0.25, 0.3) is 0 Å². The Balaban J connectivity index is 3.01. The van der Waals surface area contributed by atoms with E-state index in [-0.39, 0.29) is 18.9 Å². The van der Waals surface area contributed by atoms with Crippen LogP contribution < -0.4 is 5.32 Å². The normalized spacial score (nSPS) is 28.9. The smallest absolute Gasteiger partial charge is 0.308 e. The maximum absolute atomic E-state index is 12.8. The van der Waals surface area contributed by atoms with Gasteiger partial charge in [-0.1, -0.05) is 26.7 Å². The molecule has 1 fully saturated rings. The standard InChI is InChI=1S/C13H21F6N/c1-9(2)20-11(8-13(17,18)19)6-4-3-5-10(11)7-12(14,15)16/h9-10,20H,3-8H2,1-2H3. The summed E-state index contributed by atoms with van der Waals surface area (Å²) in [5.74, 6) is -1.01. The van der Waals surface area contributed by atoms with Crippen LogP contribution in [0, 0.1) is 5.92 Å². The molecule has 0 spiro atoms. The Morgan fingerprint density at radius 2 is 1.65 bits per heavy atom. The molecule has 0 saturated heterocycles. The topological polar surface area (TPSA) is 12.0 Å². The molecule has 0 amide bonds. The summed E-state index contributed by atoms with van der Waals surface area (Å²) in [5, 5.41) is 2.80. The van der Waals surface area contributed by atoms with Crippen molar-refractivity contribution in [2.24, 2.45) is 5.92 Å². The Hall–Kier alpha value is -0.460. The first-order valence-electron chi connectivity index (χ1n) is 6.85. The average Bonchev–Trinajstić information content (AvgIpc) is 2.15. The van der Waals surface area contributed by atoms with E-state index in [4.69, 9.17) is 0 Å². The number of rotatable bonds is 4. The van der Waals surface area contributed by atoms with Gasteiger partial charge in [0.1, 0.15) is 0 Å². The predicted molar refractivity (Wildman–Crippen MR) is 64.3 cm³/mol. The molecule has 0 aliphatic heterocycles. The highest BCUT2D eigenvalue weighted by Crippen LogP contribution is 2.45. The van der Waals surface area contributed by atoms with Crippen LogP contribution in [0.2, 0.25) is 0 Å². The lowest BCUT2D eigenvalue weighted by Crippen LogP contribution is -2.58. The molecule has 2 unspecified atom stereocenters. The van der Waals surface area contributed by atoms with E-state index in [0.29, 0.717) is 12.8 Å². The molecule has 1 aliphatic rings. The zero-order chi connectivity index (χ0) is 15.6. The summed E-state index contributed by atoms with van der Waals surface area (Å²) in [7, 11) is 0. The lowest BCUT2D eigenvalue weighted by atomic mass is 9.68. The van der Waals surface area contributed by atoms with Gasteiger partial charge in [-0.3, -0.25) is 0 Å². The van der Waals surface area contributed by atoms with E-state index < -0.39 is 36.7 Å². The molecular weight excluding hydrogens is 284 g/mol. The lowest BCUT2D eigenvalue weighted by Gasteiger charge is -2.47. The van der Waals surface area contributed by atoms with Crippen molar-refractivity contribution < 1.29 is 26.3 Å². The molecular formula is C13H21F6N. The largest absolute Gasteiger partial charge is 0.390 e. The summed E-state index contributed by atoms with van der Waals surface area (Å²) >= 11 is 0. The summed E-state index contributed by atoms with van der Waals surface area (Å²) in [6.07, 6.45) is -9.83. The third kappa shape index (κ3) is 5.50. The van der Waals surface area contributed by atoms with Crippen molar-refractivity contribution in [1.82, 2.24) is 5.32 Å². The number of hydrogen-bond donors (Lipinski definition) is 1. The van der Waals surface area contributed by atoms with Gasteiger partial charge in [0, 0.05) is 18.0 Å². The second kappa shape index (κ2) is 6.12. The first kappa shape index (κ1) is 17.6. The van der Waals surface area contributed by atoms with Crippen molar-refractivity contribution in [3.8, 4) is 0 Å². The summed E-state index contributed by atoms with van der Waals surface area (Å²) in [5.41, 5.74) is -1.49. The van der Waals surface area contributed by atoms with Crippen molar-refractivity contribution in [3.05, 3.63) is 0 Å². The van der Waals surface area contributed by atoms with Gasteiger partial charge in [0.05, 0.1) is 6.42 Å². The molecule has 2 atom stereocenters. The third-order valence-corrected chi connectivity index (χ3v) is 3.78. The zero-order valence-electron chi connectivity index (χ0n) is 11.7. The highest BCUT2D eigenvalue weighted by molar-refractivity contribution is 5.00. The predicted octanol–water partition coefficient (Wildman–Crippen LogP) is 4.82. The van der Waals surface area contributed by atoms with E-state index in [1.54, 1.807) is 13.8 Å². The third-order valence-electron chi connectivity index (χ3n) is 3.78. The van der Waals surface area contributed by atoms with Gasteiger partial charge in [-0.25, -0.2) is 0 Å². The van der Waals surface area contributed by atoms with Crippen LogP contribution in [0.3, 0.4) is 0 Å². The van der Waals surface area contributed by atoms with Crippen LogP contribution in [0.5, 0.6) is 0 Å². The van der Waals surface area contributed by atoms with Crippen LogP contribution in [0.1, 0.15) is 52.4 Å². The molecule has 0 bridgehead atoms. The van der Waals surface area contributed by atoms with Gasteiger partial charge >= 0.3 is 12.4 Å². The van der Waals surface area contributed by atoms with Gasteiger partial charge in [-0.15, -0.1) is 0 Å².